The van der Waals surface area contributed by atoms with E-state index in [-0.39, 0.29) is 25.1 Å². The molecule has 1 N–H and O–H groups in total. The SMILES string of the molecule is CCCC(=O)OCCOCCNC(=O)OCC1c2ccccc2-c2ccccc21. The summed E-state index contributed by atoms with van der Waals surface area (Å²) >= 11 is 0. The van der Waals surface area contributed by atoms with E-state index in [4.69, 9.17) is 14.2 Å². The Morgan fingerprint density at radius 3 is 2.21 bits per heavy atom. The van der Waals surface area contributed by atoms with Gasteiger partial charge in [-0.1, -0.05) is 55.5 Å². The third-order valence-electron chi connectivity index (χ3n) is 4.80. The van der Waals surface area contributed by atoms with Crippen molar-refractivity contribution in [2.24, 2.45) is 0 Å². The van der Waals surface area contributed by atoms with E-state index < -0.39 is 6.09 Å². The van der Waals surface area contributed by atoms with Crippen LogP contribution in [0.25, 0.3) is 11.1 Å². The van der Waals surface area contributed by atoms with E-state index in [2.05, 4.69) is 29.6 Å². The molecule has 6 nitrogen and oxygen atoms in total. The molecule has 1 amide bonds. The van der Waals surface area contributed by atoms with Crippen LogP contribution in [0.3, 0.4) is 0 Å². The molecule has 0 fully saturated rings. The van der Waals surface area contributed by atoms with Gasteiger partial charge in [-0.2, -0.15) is 0 Å². The van der Waals surface area contributed by atoms with Gasteiger partial charge in [0.2, 0.25) is 0 Å². The summed E-state index contributed by atoms with van der Waals surface area (Å²) in [6.07, 6.45) is 0.720. The van der Waals surface area contributed by atoms with Crippen molar-refractivity contribution >= 4 is 12.1 Å². The van der Waals surface area contributed by atoms with Crippen LogP contribution in [-0.2, 0) is 19.0 Å². The number of carbonyl (C=O) groups is 2. The zero-order valence-corrected chi connectivity index (χ0v) is 16.7. The summed E-state index contributed by atoms with van der Waals surface area (Å²) in [6, 6.07) is 16.4. The van der Waals surface area contributed by atoms with Crippen molar-refractivity contribution in [3.63, 3.8) is 0 Å². The quantitative estimate of drug-likeness (QED) is 0.486. The van der Waals surface area contributed by atoms with Gasteiger partial charge in [0.1, 0.15) is 13.2 Å². The van der Waals surface area contributed by atoms with Crippen LogP contribution in [0.1, 0.15) is 36.8 Å². The Hall–Kier alpha value is -2.86. The van der Waals surface area contributed by atoms with Gasteiger partial charge in [0.05, 0.1) is 13.2 Å². The first-order valence-corrected chi connectivity index (χ1v) is 10.0. The molecule has 0 aliphatic heterocycles. The van der Waals surface area contributed by atoms with Gasteiger partial charge in [-0.3, -0.25) is 4.79 Å². The Bertz CT molecular complexity index is 790. The number of esters is 1. The lowest BCUT2D eigenvalue weighted by molar-refractivity contribution is -0.145. The van der Waals surface area contributed by atoms with E-state index >= 15 is 0 Å². The molecule has 0 saturated carbocycles. The van der Waals surface area contributed by atoms with Crippen LogP contribution in [0.5, 0.6) is 0 Å². The first kappa shape index (κ1) is 20.9. The lowest BCUT2D eigenvalue weighted by atomic mass is 9.98. The molecule has 0 heterocycles. The van der Waals surface area contributed by atoms with Crippen molar-refractivity contribution in [2.75, 3.05) is 33.0 Å². The van der Waals surface area contributed by atoms with Gasteiger partial charge in [-0.05, 0) is 28.7 Å². The van der Waals surface area contributed by atoms with E-state index in [1.54, 1.807) is 0 Å². The molecule has 0 bridgehead atoms. The average molecular weight is 397 g/mol. The van der Waals surface area contributed by atoms with Crippen molar-refractivity contribution in [2.45, 2.75) is 25.7 Å². The maximum atomic E-state index is 12.0. The van der Waals surface area contributed by atoms with Crippen molar-refractivity contribution in [1.82, 2.24) is 5.32 Å². The Morgan fingerprint density at radius 2 is 1.55 bits per heavy atom. The summed E-state index contributed by atoms with van der Waals surface area (Å²) in [5.74, 6) is -0.171. The largest absolute Gasteiger partial charge is 0.463 e. The second-order valence-corrected chi connectivity index (χ2v) is 6.84. The number of hydrogen-bond acceptors (Lipinski definition) is 5. The summed E-state index contributed by atoms with van der Waals surface area (Å²) in [4.78, 5) is 23.2. The Labute approximate surface area is 171 Å². The van der Waals surface area contributed by atoms with Gasteiger partial charge < -0.3 is 19.5 Å². The monoisotopic (exact) mass is 397 g/mol. The number of fused-ring (bicyclic) bond motifs is 3. The van der Waals surface area contributed by atoms with Crippen LogP contribution < -0.4 is 5.32 Å². The predicted molar refractivity (Wildman–Crippen MR) is 110 cm³/mol. The highest BCUT2D eigenvalue weighted by Crippen LogP contribution is 2.44. The molecule has 0 saturated heterocycles. The number of carbonyl (C=O) groups excluding carboxylic acids is 2. The molecule has 0 radical (unpaired) electrons. The molecule has 2 aromatic carbocycles. The Balaban J connectivity index is 1.37. The molecule has 29 heavy (non-hydrogen) atoms. The Kier molecular flexibility index (Phi) is 7.64. The minimum Gasteiger partial charge on any atom is -0.463 e. The van der Waals surface area contributed by atoms with Crippen molar-refractivity contribution in [1.29, 1.82) is 0 Å². The maximum Gasteiger partial charge on any atom is 0.407 e. The molecule has 3 rings (SSSR count). The molecule has 1 aliphatic rings. The summed E-state index contributed by atoms with van der Waals surface area (Å²) < 4.78 is 15.8. The number of rotatable bonds is 10. The summed E-state index contributed by atoms with van der Waals surface area (Å²) in [5, 5.41) is 2.68. The van der Waals surface area contributed by atoms with Crippen LogP contribution >= 0.6 is 0 Å². The lowest BCUT2D eigenvalue weighted by Crippen LogP contribution is -2.29. The van der Waals surface area contributed by atoms with E-state index in [1.165, 1.54) is 22.3 Å². The second-order valence-electron chi connectivity index (χ2n) is 6.84. The number of alkyl carbamates (subject to hydrolysis) is 1. The van der Waals surface area contributed by atoms with Gasteiger partial charge in [0.15, 0.2) is 0 Å². The molecule has 0 unspecified atom stereocenters. The molecule has 0 spiro atoms. The molecule has 1 aliphatic carbocycles. The minimum absolute atomic E-state index is 0.0437. The smallest absolute Gasteiger partial charge is 0.407 e. The predicted octanol–water partition coefficient (Wildman–Crippen LogP) is 3.89. The number of nitrogens with one attached hydrogen (secondary N) is 1. The first-order valence-electron chi connectivity index (χ1n) is 10.0. The highest BCUT2D eigenvalue weighted by atomic mass is 16.6. The second kappa shape index (κ2) is 10.6. The standard InChI is InChI=1S/C23H27NO5/c1-2-7-22(25)28-15-14-27-13-12-24-23(26)29-16-21-19-10-5-3-8-17(19)18-9-4-6-11-20(18)21/h3-6,8-11,21H,2,7,12-16H2,1H3,(H,24,26). The average Bonchev–Trinajstić information content (AvgIpc) is 3.05. The van der Waals surface area contributed by atoms with Crippen LogP contribution in [-0.4, -0.2) is 45.0 Å². The van der Waals surface area contributed by atoms with Crippen LogP contribution in [0, 0.1) is 0 Å². The van der Waals surface area contributed by atoms with E-state index in [9.17, 15) is 9.59 Å². The highest BCUT2D eigenvalue weighted by molar-refractivity contribution is 5.79. The zero-order chi connectivity index (χ0) is 20.5. The number of benzene rings is 2. The van der Waals surface area contributed by atoms with Gasteiger partial charge in [-0.25, -0.2) is 4.79 Å². The molecule has 154 valence electrons. The number of hydrogen-bond donors (Lipinski definition) is 1. The van der Waals surface area contributed by atoms with Crippen molar-refractivity contribution in [3.05, 3.63) is 59.7 Å². The molecule has 0 aromatic heterocycles. The normalized spacial score (nSPS) is 12.2. The van der Waals surface area contributed by atoms with Gasteiger partial charge >= 0.3 is 12.1 Å². The summed E-state index contributed by atoms with van der Waals surface area (Å²) in [5.41, 5.74) is 4.76. The van der Waals surface area contributed by atoms with Crippen LogP contribution in [0.4, 0.5) is 4.79 Å². The molecule has 6 heteroatoms. The number of ether oxygens (including phenoxy) is 3. The van der Waals surface area contributed by atoms with E-state index in [0.29, 0.717) is 26.2 Å². The maximum absolute atomic E-state index is 12.0. The summed E-state index contributed by atoms with van der Waals surface area (Å²) in [6.45, 7) is 3.40. The summed E-state index contributed by atoms with van der Waals surface area (Å²) in [7, 11) is 0. The van der Waals surface area contributed by atoms with Crippen LogP contribution in [0.15, 0.2) is 48.5 Å². The van der Waals surface area contributed by atoms with Crippen molar-refractivity contribution in [3.8, 4) is 11.1 Å². The van der Waals surface area contributed by atoms with Gasteiger partial charge in [-0.15, -0.1) is 0 Å². The third-order valence-corrected chi connectivity index (χ3v) is 4.80. The zero-order valence-electron chi connectivity index (χ0n) is 16.7. The van der Waals surface area contributed by atoms with Gasteiger partial charge in [0.25, 0.3) is 0 Å². The van der Waals surface area contributed by atoms with E-state index in [1.807, 2.05) is 31.2 Å². The minimum atomic E-state index is -0.468. The fourth-order valence-electron chi connectivity index (χ4n) is 3.47. The molecule has 0 atom stereocenters. The fraction of sp³-hybridized carbons (Fsp3) is 0.391. The topological polar surface area (TPSA) is 73.9 Å². The van der Waals surface area contributed by atoms with Gasteiger partial charge in [0, 0.05) is 18.9 Å². The van der Waals surface area contributed by atoms with E-state index in [0.717, 1.165) is 6.42 Å². The van der Waals surface area contributed by atoms with Crippen molar-refractivity contribution < 1.29 is 23.8 Å². The number of amides is 1. The fourth-order valence-corrected chi connectivity index (χ4v) is 3.47. The lowest BCUT2D eigenvalue weighted by Gasteiger charge is -2.14. The Morgan fingerprint density at radius 1 is 0.897 bits per heavy atom. The van der Waals surface area contributed by atoms with Crippen LogP contribution in [0.2, 0.25) is 0 Å². The molecular weight excluding hydrogens is 370 g/mol. The first-order chi connectivity index (χ1) is 14.2. The molecular formula is C23H27NO5. The third kappa shape index (κ3) is 5.57. The molecule has 2 aromatic rings. The highest BCUT2D eigenvalue weighted by Gasteiger charge is 2.28.